The molecule has 0 saturated carbocycles. The Balaban J connectivity index is 1.81. The van der Waals surface area contributed by atoms with Gasteiger partial charge in [-0.25, -0.2) is 0 Å². The van der Waals surface area contributed by atoms with Gasteiger partial charge >= 0.3 is 0 Å². The first-order valence-corrected chi connectivity index (χ1v) is 9.84. The molecule has 5 rings (SSSR count). The largest absolute Gasteiger partial charge is 0.313 e. The van der Waals surface area contributed by atoms with Gasteiger partial charge in [-0.15, -0.1) is 0 Å². The van der Waals surface area contributed by atoms with Crippen molar-refractivity contribution in [1.29, 1.82) is 0 Å². The average molecular weight is 361 g/mol. The fraction of sp³-hybridized carbons (Fsp3) is 0.111. The highest BCUT2D eigenvalue weighted by Gasteiger charge is 2.14. The molecule has 0 fully saturated rings. The van der Waals surface area contributed by atoms with E-state index in [2.05, 4.69) is 109 Å². The zero-order valence-corrected chi connectivity index (χ0v) is 16.3. The van der Waals surface area contributed by atoms with Gasteiger partial charge in [0, 0.05) is 22.9 Å². The van der Waals surface area contributed by atoms with Crippen LogP contribution in [0.2, 0.25) is 0 Å². The summed E-state index contributed by atoms with van der Waals surface area (Å²) < 4.78 is 2.46. The molecule has 0 aliphatic heterocycles. The quantitative estimate of drug-likeness (QED) is 0.326. The van der Waals surface area contributed by atoms with Gasteiger partial charge < -0.3 is 4.57 Å². The van der Waals surface area contributed by atoms with E-state index in [-0.39, 0.29) is 0 Å². The van der Waals surface area contributed by atoms with Gasteiger partial charge in [-0.1, -0.05) is 72.8 Å². The third-order valence-corrected chi connectivity index (χ3v) is 5.68. The van der Waals surface area contributed by atoms with Gasteiger partial charge in [0.15, 0.2) is 0 Å². The Labute approximate surface area is 165 Å². The van der Waals surface area contributed by atoms with E-state index in [1.807, 2.05) is 0 Å². The highest BCUT2D eigenvalue weighted by Crippen LogP contribution is 2.31. The second kappa shape index (κ2) is 6.69. The van der Waals surface area contributed by atoms with Gasteiger partial charge in [0.05, 0.1) is 11.2 Å². The first-order chi connectivity index (χ1) is 13.7. The van der Waals surface area contributed by atoms with Gasteiger partial charge in [0.2, 0.25) is 0 Å². The molecule has 0 aliphatic carbocycles. The third kappa shape index (κ3) is 2.80. The zero-order chi connectivity index (χ0) is 19.1. The summed E-state index contributed by atoms with van der Waals surface area (Å²) >= 11 is 0. The minimum absolute atomic E-state index is 0.920. The van der Waals surface area contributed by atoms with Crippen LogP contribution in [-0.4, -0.2) is 4.57 Å². The molecule has 4 aromatic carbocycles. The van der Waals surface area contributed by atoms with Crippen molar-refractivity contribution in [1.82, 2.24) is 4.57 Å². The van der Waals surface area contributed by atoms with E-state index in [9.17, 15) is 0 Å². The molecule has 0 bridgehead atoms. The normalized spacial score (nSPS) is 11.4. The number of nitrogens with zero attached hydrogens (tertiary/aromatic N) is 1. The molecule has 0 radical (unpaired) electrons. The van der Waals surface area contributed by atoms with Crippen molar-refractivity contribution in [2.75, 3.05) is 0 Å². The minimum Gasteiger partial charge on any atom is -0.313 e. The summed E-state index contributed by atoms with van der Waals surface area (Å²) in [6, 6.07) is 33.0. The van der Waals surface area contributed by atoms with Crippen LogP contribution in [-0.2, 0) is 6.42 Å². The second-order valence-electron chi connectivity index (χ2n) is 7.63. The molecule has 0 amide bonds. The third-order valence-electron chi connectivity index (χ3n) is 5.68. The first kappa shape index (κ1) is 16.8. The van der Waals surface area contributed by atoms with Crippen LogP contribution in [0.15, 0.2) is 91.0 Å². The van der Waals surface area contributed by atoms with Gasteiger partial charge in [0.1, 0.15) is 0 Å². The molecule has 0 N–H and O–H groups in total. The molecule has 0 spiro atoms. The Kier molecular flexibility index (Phi) is 4.02. The van der Waals surface area contributed by atoms with E-state index >= 15 is 0 Å². The Hall–Kier alpha value is -3.32. The summed E-state index contributed by atoms with van der Waals surface area (Å²) in [5.41, 5.74) is 7.86. The smallest absolute Gasteiger partial charge is 0.0537 e. The fourth-order valence-corrected chi connectivity index (χ4v) is 4.19. The van der Waals surface area contributed by atoms with Crippen molar-refractivity contribution in [3.63, 3.8) is 0 Å². The topological polar surface area (TPSA) is 4.93 Å². The number of aryl methyl sites for hydroxylation is 2. The van der Waals surface area contributed by atoms with E-state index in [4.69, 9.17) is 0 Å². The summed E-state index contributed by atoms with van der Waals surface area (Å²) in [5, 5.41) is 3.86. The van der Waals surface area contributed by atoms with Crippen LogP contribution in [0.1, 0.15) is 22.4 Å². The fourth-order valence-electron chi connectivity index (χ4n) is 4.19. The molecule has 1 heteroatoms. The lowest BCUT2D eigenvalue weighted by Crippen LogP contribution is -2.03. The first-order valence-electron chi connectivity index (χ1n) is 9.84. The summed E-state index contributed by atoms with van der Waals surface area (Å²) in [7, 11) is 0. The van der Waals surface area contributed by atoms with E-state index in [1.165, 1.54) is 49.7 Å². The molecule has 1 heterocycles. The maximum Gasteiger partial charge on any atom is 0.0537 e. The lowest BCUT2D eigenvalue weighted by Gasteiger charge is -2.15. The molecule has 1 aromatic heterocycles. The maximum absolute atomic E-state index is 2.46. The SMILES string of the molecule is Cc1ccc2cc(Cc3ccccc3C)n(-c3cccc4ccccc34)c2c1. The van der Waals surface area contributed by atoms with Crippen LogP contribution >= 0.6 is 0 Å². The lowest BCUT2D eigenvalue weighted by molar-refractivity contribution is 0.985. The molecule has 0 saturated heterocycles. The highest BCUT2D eigenvalue weighted by molar-refractivity contribution is 5.93. The lowest BCUT2D eigenvalue weighted by atomic mass is 10.0. The van der Waals surface area contributed by atoms with Gasteiger partial charge in [-0.3, -0.25) is 0 Å². The Bertz CT molecular complexity index is 1300. The van der Waals surface area contributed by atoms with Crippen LogP contribution in [0.3, 0.4) is 0 Å². The van der Waals surface area contributed by atoms with Gasteiger partial charge in [-0.05, 0) is 54.1 Å². The van der Waals surface area contributed by atoms with Crippen LogP contribution < -0.4 is 0 Å². The van der Waals surface area contributed by atoms with E-state index in [0.29, 0.717) is 0 Å². The molecular weight excluding hydrogens is 338 g/mol. The molecule has 1 nitrogen and oxygen atoms in total. The monoisotopic (exact) mass is 361 g/mol. The van der Waals surface area contributed by atoms with Crippen LogP contribution in [0, 0.1) is 13.8 Å². The standard InChI is InChI=1S/C27H23N/c1-19-14-15-23-18-24(17-22-10-4-3-8-20(22)2)28(27(23)16-19)26-13-7-11-21-9-5-6-12-25(21)26/h3-16,18H,17H2,1-2H3. The number of rotatable bonds is 3. The van der Waals surface area contributed by atoms with E-state index in [1.54, 1.807) is 0 Å². The van der Waals surface area contributed by atoms with E-state index in [0.717, 1.165) is 6.42 Å². The predicted molar refractivity (Wildman–Crippen MR) is 120 cm³/mol. The van der Waals surface area contributed by atoms with Crippen molar-refractivity contribution in [2.24, 2.45) is 0 Å². The van der Waals surface area contributed by atoms with Crippen molar-refractivity contribution in [3.8, 4) is 5.69 Å². The summed E-state index contributed by atoms with van der Waals surface area (Å²) in [6.45, 7) is 4.37. The highest BCUT2D eigenvalue weighted by atomic mass is 15.0. The van der Waals surface area contributed by atoms with Gasteiger partial charge in [0.25, 0.3) is 0 Å². The van der Waals surface area contributed by atoms with Crippen molar-refractivity contribution < 1.29 is 0 Å². The molecule has 0 atom stereocenters. The summed E-state index contributed by atoms with van der Waals surface area (Å²) in [6.07, 6.45) is 0.920. The second-order valence-corrected chi connectivity index (χ2v) is 7.63. The Morgan fingerprint density at radius 1 is 0.679 bits per heavy atom. The van der Waals surface area contributed by atoms with Gasteiger partial charge in [-0.2, -0.15) is 0 Å². The Morgan fingerprint density at radius 3 is 2.36 bits per heavy atom. The zero-order valence-electron chi connectivity index (χ0n) is 16.3. The number of fused-ring (bicyclic) bond motifs is 2. The average Bonchev–Trinajstić information content (AvgIpc) is 3.06. The molecule has 5 aromatic rings. The maximum atomic E-state index is 2.46. The molecular formula is C27H23N. The van der Waals surface area contributed by atoms with Crippen LogP contribution in [0.4, 0.5) is 0 Å². The minimum atomic E-state index is 0.920. The van der Waals surface area contributed by atoms with Crippen LogP contribution in [0.5, 0.6) is 0 Å². The molecule has 28 heavy (non-hydrogen) atoms. The summed E-state index contributed by atoms with van der Waals surface area (Å²) in [4.78, 5) is 0. The van der Waals surface area contributed by atoms with Crippen LogP contribution in [0.25, 0.3) is 27.4 Å². The number of benzene rings is 4. The molecule has 0 unspecified atom stereocenters. The Morgan fingerprint density at radius 2 is 1.46 bits per heavy atom. The van der Waals surface area contributed by atoms with E-state index < -0.39 is 0 Å². The van der Waals surface area contributed by atoms with Crippen molar-refractivity contribution in [3.05, 3.63) is 113 Å². The number of aromatic nitrogens is 1. The molecule has 136 valence electrons. The van der Waals surface area contributed by atoms with Crippen molar-refractivity contribution in [2.45, 2.75) is 20.3 Å². The number of hydrogen-bond acceptors (Lipinski definition) is 0. The van der Waals surface area contributed by atoms with Crippen molar-refractivity contribution >= 4 is 21.7 Å². The number of hydrogen-bond donors (Lipinski definition) is 0. The summed E-state index contributed by atoms with van der Waals surface area (Å²) in [5.74, 6) is 0. The predicted octanol–water partition coefficient (Wildman–Crippen LogP) is 6.99. The molecule has 0 aliphatic rings.